The smallest absolute Gasteiger partial charge is 0.338 e. The van der Waals surface area contributed by atoms with Crippen LogP contribution in [-0.4, -0.2) is 67.3 Å². The summed E-state index contributed by atoms with van der Waals surface area (Å²) in [5, 5.41) is 0. The number of halogens is 4. The van der Waals surface area contributed by atoms with E-state index in [1.807, 2.05) is 6.92 Å². The zero-order valence-corrected chi connectivity index (χ0v) is 36.9. The molecule has 0 aliphatic carbocycles. The van der Waals surface area contributed by atoms with Gasteiger partial charge in [0, 0.05) is 17.9 Å². The maximum atomic E-state index is 13.9. The SMILES string of the molecule is CCCCCC[C@@H](C)O[C@H]1O[C@@H](COC(=O)c2ccc(Br)cc2)[C@H](OC(=O)c2ccc(Br)cc2)[C@@H](OC(=O)c2ccc(Br)cc2)[C@@H]1OC(=O)c1ccc(Br)cc1. The quantitative estimate of drug-likeness (QED) is 0.0609. The van der Waals surface area contributed by atoms with Gasteiger partial charge in [-0.15, -0.1) is 0 Å². The minimum Gasteiger partial charge on any atom is -0.459 e. The summed E-state index contributed by atoms with van der Waals surface area (Å²) < 4.78 is 40.1. The molecule has 0 radical (unpaired) electrons. The number of hydrogen-bond donors (Lipinski definition) is 0. The molecule has 1 saturated heterocycles. The lowest BCUT2D eigenvalue weighted by Crippen LogP contribution is -2.63. The fourth-order valence-corrected chi connectivity index (χ4v) is 6.90. The highest BCUT2D eigenvalue weighted by Gasteiger charge is 2.54. The number of hydrogen-bond acceptors (Lipinski definition) is 10. The maximum absolute atomic E-state index is 13.9. The Balaban J connectivity index is 1.56. The third-order valence-corrected chi connectivity index (χ3v) is 11.0. The Morgan fingerprint density at radius 3 is 1.38 bits per heavy atom. The largest absolute Gasteiger partial charge is 0.459 e. The van der Waals surface area contributed by atoms with Crippen LogP contribution in [0.15, 0.2) is 115 Å². The molecule has 1 heterocycles. The van der Waals surface area contributed by atoms with Crippen LogP contribution in [0, 0.1) is 0 Å². The molecular formula is C42H40Br4O10. The number of carbonyl (C=O) groups is 4. The lowest BCUT2D eigenvalue weighted by molar-refractivity contribution is -0.307. The van der Waals surface area contributed by atoms with Crippen molar-refractivity contribution in [3.63, 3.8) is 0 Å². The maximum Gasteiger partial charge on any atom is 0.338 e. The van der Waals surface area contributed by atoms with Gasteiger partial charge in [-0.3, -0.25) is 0 Å². The van der Waals surface area contributed by atoms with E-state index in [0.29, 0.717) is 6.42 Å². The molecular weight excluding hydrogens is 984 g/mol. The van der Waals surface area contributed by atoms with Crippen molar-refractivity contribution in [3.05, 3.63) is 137 Å². The van der Waals surface area contributed by atoms with E-state index in [4.69, 9.17) is 28.4 Å². The van der Waals surface area contributed by atoms with Crippen LogP contribution in [0.25, 0.3) is 0 Å². The van der Waals surface area contributed by atoms with E-state index >= 15 is 0 Å². The lowest BCUT2D eigenvalue weighted by Gasteiger charge is -2.45. The summed E-state index contributed by atoms with van der Waals surface area (Å²) in [5.74, 6) is -3.02. The Labute approximate surface area is 359 Å². The van der Waals surface area contributed by atoms with Crippen molar-refractivity contribution in [1.82, 2.24) is 0 Å². The Morgan fingerprint density at radius 1 is 0.554 bits per heavy atom. The van der Waals surface area contributed by atoms with E-state index in [0.717, 1.165) is 43.6 Å². The van der Waals surface area contributed by atoms with Gasteiger partial charge < -0.3 is 28.4 Å². The third-order valence-electron chi connectivity index (χ3n) is 8.85. The normalized spacial score (nSPS) is 19.7. The van der Waals surface area contributed by atoms with Gasteiger partial charge in [0.25, 0.3) is 0 Å². The van der Waals surface area contributed by atoms with Gasteiger partial charge in [0.2, 0.25) is 0 Å². The van der Waals surface area contributed by atoms with E-state index in [9.17, 15) is 19.2 Å². The number of ether oxygens (including phenoxy) is 6. The molecule has 10 nitrogen and oxygen atoms in total. The van der Waals surface area contributed by atoms with Crippen LogP contribution in [0.4, 0.5) is 0 Å². The first kappa shape index (κ1) is 43.7. The Bertz CT molecular complexity index is 1920. The molecule has 4 aromatic carbocycles. The Morgan fingerprint density at radius 2 is 0.946 bits per heavy atom. The van der Waals surface area contributed by atoms with Crippen molar-refractivity contribution in [2.24, 2.45) is 0 Å². The summed E-state index contributed by atoms with van der Waals surface area (Å²) >= 11 is 13.5. The Kier molecular flexibility index (Phi) is 16.7. The minimum absolute atomic E-state index is 0.177. The van der Waals surface area contributed by atoms with Gasteiger partial charge in [0.1, 0.15) is 12.7 Å². The molecule has 1 aliphatic rings. The van der Waals surface area contributed by atoms with Crippen molar-refractivity contribution in [1.29, 1.82) is 0 Å². The van der Waals surface area contributed by atoms with Gasteiger partial charge >= 0.3 is 23.9 Å². The molecule has 0 aromatic heterocycles. The second-order valence-corrected chi connectivity index (χ2v) is 16.7. The monoisotopic (exact) mass is 1020 g/mol. The molecule has 0 spiro atoms. The minimum atomic E-state index is -1.51. The molecule has 1 fully saturated rings. The molecule has 0 unspecified atom stereocenters. The van der Waals surface area contributed by atoms with E-state index in [1.54, 1.807) is 97.1 Å². The van der Waals surface area contributed by atoms with Crippen molar-refractivity contribution < 1.29 is 47.6 Å². The predicted octanol–water partition coefficient (Wildman–Crippen LogP) is 10.7. The van der Waals surface area contributed by atoms with Gasteiger partial charge in [-0.05, 0) is 110 Å². The van der Waals surface area contributed by atoms with Crippen LogP contribution >= 0.6 is 63.7 Å². The summed E-state index contributed by atoms with van der Waals surface area (Å²) in [5.41, 5.74) is 0.821. The average molecular weight is 1020 g/mol. The predicted molar refractivity (Wildman–Crippen MR) is 222 cm³/mol. The highest BCUT2D eigenvalue weighted by Crippen LogP contribution is 2.33. The van der Waals surface area contributed by atoms with E-state index in [2.05, 4.69) is 70.6 Å². The molecule has 6 atom stereocenters. The lowest BCUT2D eigenvalue weighted by atomic mass is 9.97. The second kappa shape index (κ2) is 21.4. The number of carbonyl (C=O) groups excluding carboxylic acids is 4. The van der Waals surface area contributed by atoms with Crippen LogP contribution in [0.5, 0.6) is 0 Å². The molecule has 5 rings (SSSR count). The molecule has 296 valence electrons. The van der Waals surface area contributed by atoms with Gasteiger partial charge in [-0.2, -0.15) is 0 Å². The summed E-state index contributed by atoms with van der Waals surface area (Å²) in [6, 6.07) is 26.0. The molecule has 56 heavy (non-hydrogen) atoms. The fourth-order valence-electron chi connectivity index (χ4n) is 5.84. The number of esters is 4. The Hall–Kier alpha value is -3.40. The van der Waals surface area contributed by atoms with Crippen molar-refractivity contribution in [2.75, 3.05) is 6.61 Å². The van der Waals surface area contributed by atoms with Gasteiger partial charge in [-0.25, -0.2) is 19.2 Å². The van der Waals surface area contributed by atoms with Gasteiger partial charge in [-0.1, -0.05) is 96.3 Å². The van der Waals surface area contributed by atoms with Crippen LogP contribution in [0.2, 0.25) is 0 Å². The first-order valence-corrected chi connectivity index (χ1v) is 21.2. The fraction of sp³-hybridized carbons (Fsp3) is 0.333. The van der Waals surface area contributed by atoms with Crippen molar-refractivity contribution in [3.8, 4) is 0 Å². The number of rotatable bonds is 16. The van der Waals surface area contributed by atoms with Crippen LogP contribution < -0.4 is 0 Å². The molecule has 14 heteroatoms. The molecule has 0 saturated carbocycles. The highest BCUT2D eigenvalue weighted by atomic mass is 79.9. The molecule has 4 aromatic rings. The standard InChI is InChI=1S/C42H40Br4O10/c1-3-4-5-6-7-25(2)52-42-37(56-41(50)29-14-22-33(46)23-15-29)36(55-40(49)28-12-20-32(45)21-13-28)35(54-39(48)27-10-18-31(44)19-11-27)34(53-42)24-51-38(47)26-8-16-30(43)17-9-26/h8-23,25,34-37,42H,3-7,24H2,1-2H3/t25-,34+,35+,36-,37+,42+/m1/s1. The van der Waals surface area contributed by atoms with Crippen molar-refractivity contribution in [2.45, 2.75) is 82.8 Å². The molecule has 0 bridgehead atoms. The van der Waals surface area contributed by atoms with Crippen LogP contribution in [0.3, 0.4) is 0 Å². The first-order valence-electron chi connectivity index (χ1n) is 18.0. The summed E-state index contributed by atoms with van der Waals surface area (Å²) in [6.45, 7) is 3.55. The van der Waals surface area contributed by atoms with Crippen LogP contribution in [0.1, 0.15) is 87.4 Å². The summed E-state index contributed by atoms with van der Waals surface area (Å²) in [7, 11) is 0. The summed E-state index contributed by atoms with van der Waals surface area (Å²) in [4.78, 5) is 54.8. The zero-order chi connectivity index (χ0) is 40.2. The van der Waals surface area contributed by atoms with E-state index in [1.165, 1.54) is 0 Å². The van der Waals surface area contributed by atoms with Gasteiger partial charge in [0.05, 0.1) is 28.4 Å². The average Bonchev–Trinajstić information content (AvgIpc) is 3.18. The van der Waals surface area contributed by atoms with Gasteiger partial charge in [0.15, 0.2) is 24.6 Å². The number of unbranched alkanes of at least 4 members (excludes halogenated alkanes) is 3. The summed E-state index contributed by atoms with van der Waals surface area (Å²) in [6.07, 6.45) is -2.80. The molecule has 0 N–H and O–H groups in total. The molecule has 0 amide bonds. The zero-order valence-electron chi connectivity index (χ0n) is 30.5. The second-order valence-electron chi connectivity index (χ2n) is 13.1. The highest BCUT2D eigenvalue weighted by molar-refractivity contribution is 9.11. The third kappa shape index (κ3) is 12.5. The first-order chi connectivity index (χ1) is 26.9. The van der Waals surface area contributed by atoms with E-state index < -0.39 is 67.3 Å². The van der Waals surface area contributed by atoms with Crippen LogP contribution in [-0.2, 0) is 28.4 Å². The van der Waals surface area contributed by atoms with Crippen molar-refractivity contribution >= 4 is 87.6 Å². The topological polar surface area (TPSA) is 124 Å². The van der Waals surface area contributed by atoms with E-state index in [-0.39, 0.29) is 22.3 Å². The number of benzene rings is 4. The molecule has 1 aliphatic heterocycles.